The van der Waals surface area contributed by atoms with E-state index in [4.69, 9.17) is 4.84 Å². The summed E-state index contributed by atoms with van der Waals surface area (Å²) in [6, 6.07) is 0. The highest BCUT2D eigenvalue weighted by atomic mass is 16.6. The van der Waals surface area contributed by atoms with Crippen LogP contribution >= 0.6 is 0 Å². The van der Waals surface area contributed by atoms with Crippen molar-refractivity contribution in [3.63, 3.8) is 0 Å². The molecule has 0 radical (unpaired) electrons. The average molecular weight is 197 g/mol. The third kappa shape index (κ3) is 2.10. The molecule has 2 heteroatoms. The van der Waals surface area contributed by atoms with Crippen molar-refractivity contribution in [3.05, 3.63) is 0 Å². The Labute approximate surface area is 87.7 Å². The van der Waals surface area contributed by atoms with Gasteiger partial charge in [-0.15, -0.1) is 0 Å². The van der Waals surface area contributed by atoms with Gasteiger partial charge in [0.15, 0.2) is 0 Å². The zero-order chi connectivity index (χ0) is 10.9. The van der Waals surface area contributed by atoms with E-state index in [1.807, 2.05) is 6.92 Å². The maximum absolute atomic E-state index is 5.49. The molecule has 0 aromatic carbocycles. The molecule has 1 aliphatic heterocycles. The van der Waals surface area contributed by atoms with Gasteiger partial charge >= 0.3 is 0 Å². The maximum Gasteiger partial charge on any atom is 0.138 e. The Hall–Kier alpha value is -0.530. The van der Waals surface area contributed by atoms with Crippen LogP contribution in [0.3, 0.4) is 0 Å². The highest BCUT2D eigenvalue weighted by molar-refractivity contribution is 5.82. The fourth-order valence-corrected chi connectivity index (χ4v) is 2.05. The van der Waals surface area contributed by atoms with Gasteiger partial charge in [0.05, 0.1) is 5.71 Å². The second-order valence-electron chi connectivity index (χ2n) is 5.48. The van der Waals surface area contributed by atoms with Crippen LogP contribution in [0.1, 0.15) is 48.0 Å². The highest BCUT2D eigenvalue weighted by Crippen LogP contribution is 2.40. The predicted molar refractivity (Wildman–Crippen MR) is 60.4 cm³/mol. The molecule has 2 atom stereocenters. The van der Waals surface area contributed by atoms with E-state index in [1.165, 1.54) is 0 Å². The fourth-order valence-electron chi connectivity index (χ4n) is 2.05. The van der Waals surface area contributed by atoms with E-state index < -0.39 is 0 Å². The molecule has 0 aliphatic carbocycles. The van der Waals surface area contributed by atoms with Crippen molar-refractivity contribution in [1.82, 2.24) is 0 Å². The number of oxime groups is 1. The second kappa shape index (κ2) is 3.92. The molecule has 0 aromatic rings. The Morgan fingerprint density at radius 2 is 1.93 bits per heavy atom. The summed E-state index contributed by atoms with van der Waals surface area (Å²) in [7, 11) is 0. The average Bonchev–Trinajstić information content (AvgIpc) is 2.50. The van der Waals surface area contributed by atoms with Gasteiger partial charge in [-0.25, -0.2) is 0 Å². The minimum atomic E-state index is 0.204. The van der Waals surface area contributed by atoms with Gasteiger partial charge in [0.1, 0.15) is 6.10 Å². The van der Waals surface area contributed by atoms with Crippen molar-refractivity contribution < 1.29 is 4.84 Å². The van der Waals surface area contributed by atoms with E-state index in [0.29, 0.717) is 11.8 Å². The second-order valence-corrected chi connectivity index (χ2v) is 5.48. The lowest BCUT2D eigenvalue weighted by atomic mass is 9.69. The summed E-state index contributed by atoms with van der Waals surface area (Å²) < 4.78 is 0. The molecular weight excluding hydrogens is 174 g/mol. The first-order valence-corrected chi connectivity index (χ1v) is 5.55. The first-order valence-electron chi connectivity index (χ1n) is 5.55. The molecule has 1 heterocycles. The normalized spacial score (nSPS) is 24.8. The number of hydrogen-bond donors (Lipinski definition) is 0. The molecule has 0 spiro atoms. The molecule has 2 unspecified atom stereocenters. The smallest absolute Gasteiger partial charge is 0.138 e. The largest absolute Gasteiger partial charge is 0.392 e. The third-order valence-corrected chi connectivity index (χ3v) is 3.82. The zero-order valence-corrected chi connectivity index (χ0v) is 10.3. The van der Waals surface area contributed by atoms with Crippen LogP contribution in [0.5, 0.6) is 0 Å². The first kappa shape index (κ1) is 11.5. The fraction of sp³-hybridized carbons (Fsp3) is 0.917. The Morgan fingerprint density at radius 1 is 1.36 bits per heavy atom. The summed E-state index contributed by atoms with van der Waals surface area (Å²) in [5.74, 6) is 1.34. The van der Waals surface area contributed by atoms with Crippen LogP contribution in [-0.2, 0) is 4.84 Å². The highest BCUT2D eigenvalue weighted by Gasteiger charge is 2.40. The van der Waals surface area contributed by atoms with Gasteiger partial charge in [0.25, 0.3) is 0 Å². The monoisotopic (exact) mass is 197 g/mol. The van der Waals surface area contributed by atoms with Crippen LogP contribution in [-0.4, -0.2) is 11.8 Å². The maximum atomic E-state index is 5.49. The minimum Gasteiger partial charge on any atom is -0.392 e. The molecule has 14 heavy (non-hydrogen) atoms. The van der Waals surface area contributed by atoms with Crippen molar-refractivity contribution >= 4 is 5.71 Å². The number of rotatable bonds is 3. The van der Waals surface area contributed by atoms with Gasteiger partial charge < -0.3 is 4.84 Å². The van der Waals surface area contributed by atoms with Crippen LogP contribution in [0.4, 0.5) is 0 Å². The summed E-state index contributed by atoms with van der Waals surface area (Å²) >= 11 is 0. The van der Waals surface area contributed by atoms with Crippen LogP contribution < -0.4 is 0 Å². The van der Waals surface area contributed by atoms with E-state index in [2.05, 4.69) is 39.8 Å². The van der Waals surface area contributed by atoms with Gasteiger partial charge in [0, 0.05) is 11.8 Å². The van der Waals surface area contributed by atoms with E-state index in [0.717, 1.165) is 12.1 Å². The quantitative estimate of drug-likeness (QED) is 0.679. The lowest BCUT2D eigenvalue weighted by Crippen LogP contribution is -2.37. The van der Waals surface area contributed by atoms with Crippen molar-refractivity contribution in [1.29, 1.82) is 0 Å². The molecule has 1 rings (SSSR count). The molecule has 0 N–H and O–H groups in total. The van der Waals surface area contributed by atoms with Crippen molar-refractivity contribution in [2.45, 2.75) is 54.1 Å². The predicted octanol–water partition coefficient (Wildman–Crippen LogP) is 3.47. The van der Waals surface area contributed by atoms with Crippen LogP contribution in [0.25, 0.3) is 0 Å². The molecule has 2 nitrogen and oxygen atoms in total. The first-order chi connectivity index (χ1) is 6.35. The van der Waals surface area contributed by atoms with Crippen molar-refractivity contribution in [2.75, 3.05) is 0 Å². The number of hydrogen-bond acceptors (Lipinski definition) is 2. The molecule has 0 saturated carbocycles. The van der Waals surface area contributed by atoms with Crippen LogP contribution in [0, 0.1) is 17.3 Å². The van der Waals surface area contributed by atoms with Gasteiger partial charge in [-0.3, -0.25) is 0 Å². The summed E-state index contributed by atoms with van der Waals surface area (Å²) in [5.41, 5.74) is 1.33. The van der Waals surface area contributed by atoms with Gasteiger partial charge in [-0.2, -0.15) is 0 Å². The molecule has 0 amide bonds. The Balaban J connectivity index is 2.66. The standard InChI is InChI=1S/C12H23NO/c1-8(2)10(4)12(5,6)11-7-9(3)13-14-11/h8,10-11H,7H2,1-6H3. The third-order valence-electron chi connectivity index (χ3n) is 3.82. The topological polar surface area (TPSA) is 21.6 Å². The van der Waals surface area contributed by atoms with E-state index >= 15 is 0 Å². The van der Waals surface area contributed by atoms with Crippen molar-refractivity contribution in [3.8, 4) is 0 Å². The summed E-state index contributed by atoms with van der Waals surface area (Å²) in [5, 5.41) is 4.04. The van der Waals surface area contributed by atoms with E-state index in [1.54, 1.807) is 0 Å². The van der Waals surface area contributed by atoms with Gasteiger partial charge in [-0.1, -0.05) is 39.8 Å². The molecule has 0 bridgehead atoms. The molecule has 0 fully saturated rings. The number of nitrogens with zero attached hydrogens (tertiary/aromatic N) is 1. The SMILES string of the molecule is CC1=NOC(C(C)(C)C(C)C(C)C)C1. The summed E-state index contributed by atoms with van der Waals surface area (Å²) in [4.78, 5) is 5.49. The van der Waals surface area contributed by atoms with E-state index in [-0.39, 0.29) is 11.5 Å². The van der Waals surface area contributed by atoms with Crippen LogP contribution in [0.2, 0.25) is 0 Å². The zero-order valence-electron chi connectivity index (χ0n) is 10.3. The lowest BCUT2D eigenvalue weighted by molar-refractivity contribution is -0.0385. The van der Waals surface area contributed by atoms with E-state index in [9.17, 15) is 0 Å². The van der Waals surface area contributed by atoms with Gasteiger partial charge in [-0.05, 0) is 18.8 Å². The van der Waals surface area contributed by atoms with Gasteiger partial charge in [0.2, 0.25) is 0 Å². The molecule has 82 valence electrons. The Kier molecular flexibility index (Phi) is 3.23. The summed E-state index contributed by atoms with van der Waals surface area (Å²) in [6.45, 7) is 13.5. The Bertz CT molecular complexity index is 230. The van der Waals surface area contributed by atoms with Crippen molar-refractivity contribution in [2.24, 2.45) is 22.4 Å². The molecule has 1 aliphatic rings. The minimum absolute atomic E-state index is 0.204. The van der Waals surface area contributed by atoms with Crippen LogP contribution in [0.15, 0.2) is 5.16 Å². The molecule has 0 saturated heterocycles. The summed E-state index contributed by atoms with van der Waals surface area (Å²) in [6.07, 6.45) is 1.25. The molecule has 0 aromatic heterocycles. The lowest BCUT2D eigenvalue weighted by Gasteiger charge is -2.37. The molecular formula is C12H23NO. The Morgan fingerprint density at radius 3 is 2.29 bits per heavy atom.